The van der Waals surface area contributed by atoms with E-state index in [2.05, 4.69) is 10.1 Å². The Morgan fingerprint density at radius 1 is 1.32 bits per heavy atom. The topological polar surface area (TPSA) is 88.3 Å². The van der Waals surface area contributed by atoms with E-state index in [0.29, 0.717) is 12.4 Å². The van der Waals surface area contributed by atoms with Crippen LogP contribution in [0.5, 0.6) is 5.88 Å². The summed E-state index contributed by atoms with van der Waals surface area (Å²) in [5, 5.41) is 14.7. The normalized spacial score (nSPS) is 14.9. The number of nitrogens with zero attached hydrogens (tertiary/aromatic N) is 4. The summed E-state index contributed by atoms with van der Waals surface area (Å²) in [5.41, 5.74) is 1.16. The smallest absolute Gasteiger partial charge is 0.245 e. The number of fused-ring (bicyclic) bond motifs is 1. The highest BCUT2D eigenvalue weighted by Crippen LogP contribution is 2.36. The van der Waals surface area contributed by atoms with Crippen LogP contribution < -0.4 is 0 Å². The van der Waals surface area contributed by atoms with Gasteiger partial charge in [-0.2, -0.15) is 25.8 Å². The lowest BCUT2D eigenvalue weighted by Gasteiger charge is -2.33. The van der Waals surface area contributed by atoms with Crippen molar-refractivity contribution in [3.63, 3.8) is 0 Å². The molecule has 0 atom stereocenters. The minimum atomic E-state index is -3.64. The molecule has 0 amide bonds. The molecule has 0 bridgehead atoms. The molecule has 1 aliphatic rings. The number of aromatic hydroxyl groups is 1. The van der Waals surface area contributed by atoms with Gasteiger partial charge in [0, 0.05) is 35.3 Å². The molecule has 0 saturated heterocycles. The third-order valence-electron chi connectivity index (χ3n) is 4.09. The number of hydrogen-bond donors (Lipinski definition) is 1. The van der Waals surface area contributed by atoms with Crippen molar-refractivity contribution in [2.75, 3.05) is 6.54 Å². The van der Waals surface area contributed by atoms with Crippen molar-refractivity contribution >= 4 is 21.8 Å². The number of sulfonamides is 1. The van der Waals surface area contributed by atoms with Gasteiger partial charge >= 0.3 is 0 Å². The van der Waals surface area contributed by atoms with E-state index in [1.807, 2.05) is 27.7 Å². The molecule has 0 radical (unpaired) electrons. The van der Waals surface area contributed by atoms with Crippen LogP contribution in [0.3, 0.4) is 0 Å². The first-order chi connectivity index (χ1) is 11.7. The maximum Gasteiger partial charge on any atom is 0.245 e. The number of hydrogen-bond acceptors (Lipinski definition) is 6. The predicted octanol–water partition coefficient (Wildman–Crippen LogP) is 2.53. The van der Waals surface area contributed by atoms with Gasteiger partial charge in [-0.1, -0.05) is 6.92 Å². The third kappa shape index (κ3) is 3.16. The number of aromatic nitrogens is 3. The zero-order chi connectivity index (χ0) is 18.4. The van der Waals surface area contributed by atoms with Crippen LogP contribution in [0.4, 0.5) is 0 Å². The van der Waals surface area contributed by atoms with Crippen LogP contribution in [0.15, 0.2) is 23.2 Å². The first-order valence-electron chi connectivity index (χ1n) is 8.03. The molecule has 0 saturated carbocycles. The fraction of sp³-hybridized carbons (Fsp3) is 0.500. The van der Waals surface area contributed by atoms with Crippen molar-refractivity contribution in [1.82, 2.24) is 19.1 Å². The van der Waals surface area contributed by atoms with Crippen LogP contribution in [0.1, 0.15) is 39.0 Å². The monoisotopic (exact) mass is 382 g/mol. The number of rotatable bonds is 4. The quantitative estimate of drug-likeness (QED) is 0.874. The third-order valence-corrected chi connectivity index (χ3v) is 7.28. The van der Waals surface area contributed by atoms with Gasteiger partial charge < -0.3 is 5.11 Å². The molecule has 1 aliphatic heterocycles. The van der Waals surface area contributed by atoms with E-state index in [9.17, 15) is 13.5 Å². The highest BCUT2D eigenvalue weighted by Gasteiger charge is 2.33. The zero-order valence-electron chi connectivity index (χ0n) is 14.7. The molecule has 3 heterocycles. The zero-order valence-corrected chi connectivity index (χ0v) is 16.4. The Morgan fingerprint density at radius 3 is 2.56 bits per heavy atom. The maximum absolute atomic E-state index is 12.8. The SMILES string of the molecule is CCN(C(C)(C)C)S(=O)(=O)c1ccc(-n2nc3c(c2O)CSC3)nc1. The first kappa shape index (κ1) is 18.2. The summed E-state index contributed by atoms with van der Waals surface area (Å²) in [4.78, 5) is 4.34. The maximum atomic E-state index is 12.8. The summed E-state index contributed by atoms with van der Waals surface area (Å²) >= 11 is 1.70. The van der Waals surface area contributed by atoms with Gasteiger partial charge in [0.15, 0.2) is 5.82 Å². The van der Waals surface area contributed by atoms with Gasteiger partial charge in [0.05, 0.1) is 5.69 Å². The van der Waals surface area contributed by atoms with E-state index in [1.54, 1.807) is 17.8 Å². The van der Waals surface area contributed by atoms with Crippen molar-refractivity contribution in [2.45, 2.75) is 49.6 Å². The van der Waals surface area contributed by atoms with Gasteiger partial charge in [-0.05, 0) is 32.9 Å². The second-order valence-electron chi connectivity index (χ2n) is 6.85. The molecule has 0 aliphatic carbocycles. The average molecular weight is 383 g/mol. The summed E-state index contributed by atoms with van der Waals surface area (Å²) in [5.74, 6) is 1.96. The van der Waals surface area contributed by atoms with Crippen LogP contribution in [-0.4, -0.2) is 44.7 Å². The lowest BCUT2D eigenvalue weighted by atomic mass is 10.1. The molecule has 7 nitrogen and oxygen atoms in total. The molecule has 2 aromatic heterocycles. The summed E-state index contributed by atoms with van der Waals surface area (Å²) in [6, 6.07) is 3.07. The van der Waals surface area contributed by atoms with E-state index in [-0.39, 0.29) is 10.8 Å². The molecule has 25 heavy (non-hydrogen) atoms. The highest BCUT2D eigenvalue weighted by molar-refractivity contribution is 7.98. The molecule has 136 valence electrons. The highest BCUT2D eigenvalue weighted by atomic mass is 32.2. The van der Waals surface area contributed by atoms with Crippen LogP contribution in [-0.2, 0) is 21.5 Å². The van der Waals surface area contributed by atoms with E-state index in [1.165, 1.54) is 21.3 Å². The molecule has 3 rings (SSSR count). The van der Waals surface area contributed by atoms with E-state index < -0.39 is 15.6 Å². The van der Waals surface area contributed by atoms with Crippen molar-refractivity contribution in [2.24, 2.45) is 0 Å². The van der Waals surface area contributed by atoms with Crippen molar-refractivity contribution in [3.8, 4) is 11.7 Å². The Hall–Kier alpha value is -1.58. The van der Waals surface area contributed by atoms with Gasteiger partial charge in [-0.25, -0.2) is 13.4 Å². The van der Waals surface area contributed by atoms with Gasteiger partial charge in [0.25, 0.3) is 0 Å². The fourth-order valence-corrected chi connectivity index (χ4v) is 5.71. The van der Waals surface area contributed by atoms with Gasteiger partial charge in [-0.3, -0.25) is 0 Å². The van der Waals surface area contributed by atoms with Crippen LogP contribution >= 0.6 is 11.8 Å². The fourth-order valence-electron chi connectivity index (χ4n) is 2.94. The first-order valence-corrected chi connectivity index (χ1v) is 10.6. The molecule has 0 aromatic carbocycles. The van der Waals surface area contributed by atoms with E-state index in [0.717, 1.165) is 22.8 Å². The van der Waals surface area contributed by atoms with Crippen molar-refractivity contribution in [1.29, 1.82) is 0 Å². The van der Waals surface area contributed by atoms with E-state index >= 15 is 0 Å². The largest absolute Gasteiger partial charge is 0.493 e. The Morgan fingerprint density at radius 2 is 2.04 bits per heavy atom. The van der Waals surface area contributed by atoms with Gasteiger partial charge in [0.2, 0.25) is 15.9 Å². The second kappa shape index (κ2) is 6.30. The average Bonchev–Trinajstić information content (AvgIpc) is 3.10. The lowest BCUT2D eigenvalue weighted by molar-refractivity contribution is 0.259. The minimum Gasteiger partial charge on any atom is -0.493 e. The summed E-state index contributed by atoms with van der Waals surface area (Å²) < 4.78 is 28.5. The van der Waals surface area contributed by atoms with Gasteiger partial charge in [-0.15, -0.1) is 0 Å². The van der Waals surface area contributed by atoms with Gasteiger partial charge in [0.1, 0.15) is 4.90 Å². The second-order valence-corrected chi connectivity index (χ2v) is 9.69. The van der Waals surface area contributed by atoms with Crippen LogP contribution in [0.2, 0.25) is 0 Å². The molecule has 0 spiro atoms. The molecular formula is C16H22N4O3S2. The van der Waals surface area contributed by atoms with Crippen LogP contribution in [0, 0.1) is 0 Å². The molecule has 0 fully saturated rings. The molecule has 1 N–H and O–H groups in total. The number of pyridine rings is 1. The van der Waals surface area contributed by atoms with Crippen LogP contribution in [0.25, 0.3) is 5.82 Å². The standard InChI is InChI=1S/C16H22N4O3S2/c1-5-19(16(2,3)4)25(22,23)11-6-7-14(17-8-11)20-15(21)12-9-24-10-13(12)18-20/h6-8,21H,5,9-10H2,1-4H3. The summed E-state index contributed by atoms with van der Waals surface area (Å²) in [6.45, 7) is 7.76. The Bertz CT molecular complexity index is 883. The summed E-state index contributed by atoms with van der Waals surface area (Å²) in [6.07, 6.45) is 1.32. The predicted molar refractivity (Wildman–Crippen MR) is 97.3 cm³/mol. The lowest BCUT2D eigenvalue weighted by Crippen LogP contribution is -2.45. The van der Waals surface area contributed by atoms with Crippen molar-refractivity contribution < 1.29 is 13.5 Å². The Labute approximate surface area is 152 Å². The minimum absolute atomic E-state index is 0.0768. The molecule has 2 aromatic rings. The van der Waals surface area contributed by atoms with E-state index in [4.69, 9.17) is 0 Å². The molecule has 0 unspecified atom stereocenters. The molecule has 9 heteroatoms. The summed E-state index contributed by atoms with van der Waals surface area (Å²) in [7, 11) is -3.64. The Balaban J connectivity index is 1.95. The number of thioether (sulfide) groups is 1. The molecular weight excluding hydrogens is 360 g/mol. The Kier molecular flexibility index (Phi) is 4.59. The van der Waals surface area contributed by atoms with Crippen molar-refractivity contribution in [3.05, 3.63) is 29.6 Å².